The second-order valence-electron chi connectivity index (χ2n) is 8.20. The molecule has 6 heteroatoms. The van der Waals surface area contributed by atoms with E-state index in [9.17, 15) is 0 Å². The monoisotopic (exact) mass is 500 g/mol. The summed E-state index contributed by atoms with van der Waals surface area (Å²) in [5.41, 5.74) is 1.30. The molecule has 0 bridgehead atoms. The van der Waals surface area contributed by atoms with Gasteiger partial charge in [0.2, 0.25) is 0 Å². The minimum atomic E-state index is 0. The van der Waals surface area contributed by atoms with E-state index in [-0.39, 0.29) is 24.0 Å². The summed E-state index contributed by atoms with van der Waals surface area (Å²) < 4.78 is 5.78. The molecule has 2 N–H and O–H groups in total. The van der Waals surface area contributed by atoms with Gasteiger partial charge in [0.25, 0.3) is 0 Å². The second-order valence-corrected chi connectivity index (χ2v) is 8.20. The van der Waals surface area contributed by atoms with E-state index in [2.05, 4.69) is 54.5 Å². The van der Waals surface area contributed by atoms with Gasteiger partial charge in [-0.15, -0.1) is 24.0 Å². The number of para-hydroxylation sites is 1. The van der Waals surface area contributed by atoms with Crippen molar-refractivity contribution in [3.63, 3.8) is 0 Å². The molecule has 3 rings (SSSR count). The van der Waals surface area contributed by atoms with E-state index in [4.69, 9.17) is 9.73 Å². The average molecular weight is 500 g/mol. The van der Waals surface area contributed by atoms with E-state index in [1.54, 1.807) is 0 Å². The second kappa shape index (κ2) is 11.9. The van der Waals surface area contributed by atoms with Gasteiger partial charge in [0.05, 0.1) is 6.61 Å². The SMILES string of the molecule is CCNC(=NCC1CCOc2ccccc21)NC1CCN(CC(C)C)CC1.I. The molecule has 1 aromatic rings. The molecule has 28 heavy (non-hydrogen) atoms. The van der Waals surface area contributed by atoms with Crippen LogP contribution in [0.4, 0.5) is 0 Å². The molecule has 0 radical (unpaired) electrons. The Kier molecular flexibility index (Phi) is 9.85. The van der Waals surface area contributed by atoms with E-state index in [1.165, 1.54) is 38.0 Å². The van der Waals surface area contributed by atoms with Crippen LogP contribution in [0.3, 0.4) is 0 Å². The molecule has 0 aromatic heterocycles. The number of aliphatic imine (C=N–C) groups is 1. The number of piperidine rings is 1. The van der Waals surface area contributed by atoms with Crippen molar-refractivity contribution in [3.8, 4) is 5.75 Å². The predicted octanol–water partition coefficient (Wildman–Crippen LogP) is 3.85. The maximum Gasteiger partial charge on any atom is 0.191 e. The summed E-state index contributed by atoms with van der Waals surface area (Å²) in [5.74, 6) is 3.18. The maximum atomic E-state index is 5.78. The molecule has 0 aliphatic carbocycles. The lowest BCUT2D eigenvalue weighted by molar-refractivity contribution is 0.187. The minimum absolute atomic E-state index is 0. The van der Waals surface area contributed by atoms with Crippen LogP contribution in [0, 0.1) is 5.92 Å². The molecular weight excluding hydrogens is 463 g/mol. The van der Waals surface area contributed by atoms with Crippen molar-refractivity contribution in [1.29, 1.82) is 0 Å². The fraction of sp³-hybridized carbons (Fsp3) is 0.682. The van der Waals surface area contributed by atoms with Gasteiger partial charge in [-0.05, 0) is 43.7 Å². The highest BCUT2D eigenvalue weighted by atomic mass is 127. The standard InChI is InChI=1S/C22H36N4O.HI/c1-4-23-22(25-19-9-12-26(13-10-19)16-17(2)3)24-15-18-11-14-27-21-8-6-5-7-20(18)21;/h5-8,17-19H,4,9-16H2,1-3H3,(H2,23,24,25);1H. The molecule has 2 heterocycles. The van der Waals surface area contributed by atoms with Crippen LogP contribution in [-0.2, 0) is 0 Å². The summed E-state index contributed by atoms with van der Waals surface area (Å²) in [4.78, 5) is 7.51. The molecule has 1 atom stereocenters. The maximum absolute atomic E-state index is 5.78. The normalized spacial score (nSPS) is 20.9. The fourth-order valence-electron chi connectivity index (χ4n) is 4.10. The Morgan fingerprint density at radius 1 is 1.21 bits per heavy atom. The van der Waals surface area contributed by atoms with Crippen LogP contribution in [0.15, 0.2) is 29.3 Å². The number of ether oxygens (including phenoxy) is 1. The Balaban J connectivity index is 0.00000280. The first-order valence-corrected chi connectivity index (χ1v) is 10.6. The van der Waals surface area contributed by atoms with Crippen LogP contribution < -0.4 is 15.4 Å². The number of halogens is 1. The number of hydrogen-bond donors (Lipinski definition) is 2. The Morgan fingerprint density at radius 3 is 2.68 bits per heavy atom. The largest absolute Gasteiger partial charge is 0.493 e. The Bertz CT molecular complexity index is 614. The van der Waals surface area contributed by atoms with Crippen LogP contribution >= 0.6 is 24.0 Å². The van der Waals surface area contributed by atoms with Crippen molar-refractivity contribution in [2.75, 3.05) is 39.3 Å². The van der Waals surface area contributed by atoms with Gasteiger partial charge in [0.15, 0.2) is 5.96 Å². The lowest BCUT2D eigenvalue weighted by Gasteiger charge is -2.34. The molecule has 0 amide bonds. The van der Waals surface area contributed by atoms with Crippen LogP contribution in [-0.4, -0.2) is 56.2 Å². The van der Waals surface area contributed by atoms with Crippen molar-refractivity contribution in [2.24, 2.45) is 10.9 Å². The van der Waals surface area contributed by atoms with E-state index in [1.807, 2.05) is 6.07 Å². The number of benzene rings is 1. The summed E-state index contributed by atoms with van der Waals surface area (Å²) in [6.45, 7) is 12.8. The molecule has 0 spiro atoms. The smallest absolute Gasteiger partial charge is 0.191 e. The van der Waals surface area contributed by atoms with Crippen molar-refractivity contribution in [2.45, 2.75) is 52.0 Å². The first-order chi connectivity index (χ1) is 13.2. The number of nitrogens with zero attached hydrogens (tertiary/aromatic N) is 2. The summed E-state index contributed by atoms with van der Waals surface area (Å²) in [7, 11) is 0. The molecule has 158 valence electrons. The molecule has 0 saturated carbocycles. The van der Waals surface area contributed by atoms with E-state index in [0.717, 1.165) is 43.7 Å². The number of nitrogens with one attached hydrogen (secondary N) is 2. The van der Waals surface area contributed by atoms with Crippen LogP contribution in [0.5, 0.6) is 5.75 Å². The summed E-state index contributed by atoms with van der Waals surface area (Å²) in [5, 5.41) is 7.11. The van der Waals surface area contributed by atoms with Crippen LogP contribution in [0.1, 0.15) is 51.5 Å². The highest BCUT2D eigenvalue weighted by Gasteiger charge is 2.22. The van der Waals surface area contributed by atoms with Crippen molar-refractivity contribution >= 4 is 29.9 Å². The first kappa shape index (κ1) is 23.3. The number of guanidine groups is 1. The van der Waals surface area contributed by atoms with Gasteiger partial charge in [-0.25, -0.2) is 0 Å². The molecule has 1 fully saturated rings. The molecule has 1 saturated heterocycles. The summed E-state index contributed by atoms with van der Waals surface area (Å²) in [6, 6.07) is 8.91. The number of rotatable bonds is 6. The topological polar surface area (TPSA) is 48.9 Å². The Hall–Kier alpha value is -1.02. The number of fused-ring (bicyclic) bond motifs is 1. The van der Waals surface area contributed by atoms with Gasteiger partial charge >= 0.3 is 0 Å². The van der Waals surface area contributed by atoms with Crippen molar-refractivity contribution in [3.05, 3.63) is 29.8 Å². The van der Waals surface area contributed by atoms with E-state index >= 15 is 0 Å². The first-order valence-electron chi connectivity index (χ1n) is 10.6. The summed E-state index contributed by atoms with van der Waals surface area (Å²) in [6.07, 6.45) is 3.42. The van der Waals surface area contributed by atoms with E-state index < -0.39 is 0 Å². The van der Waals surface area contributed by atoms with Gasteiger partial charge in [-0.1, -0.05) is 32.0 Å². The van der Waals surface area contributed by atoms with Gasteiger partial charge in [-0.2, -0.15) is 0 Å². The number of hydrogen-bond acceptors (Lipinski definition) is 3. The summed E-state index contributed by atoms with van der Waals surface area (Å²) >= 11 is 0. The lowest BCUT2D eigenvalue weighted by atomic mass is 9.93. The van der Waals surface area contributed by atoms with Crippen molar-refractivity contribution < 1.29 is 4.74 Å². The van der Waals surface area contributed by atoms with Gasteiger partial charge in [0.1, 0.15) is 5.75 Å². The average Bonchev–Trinajstić information content (AvgIpc) is 2.67. The third-order valence-electron chi connectivity index (χ3n) is 5.45. The predicted molar refractivity (Wildman–Crippen MR) is 128 cm³/mol. The van der Waals surface area contributed by atoms with Crippen molar-refractivity contribution in [1.82, 2.24) is 15.5 Å². The van der Waals surface area contributed by atoms with E-state index in [0.29, 0.717) is 12.0 Å². The highest BCUT2D eigenvalue weighted by Crippen LogP contribution is 2.33. The molecular formula is C22H37IN4O. The molecule has 2 aliphatic heterocycles. The quantitative estimate of drug-likeness (QED) is 0.354. The van der Waals surface area contributed by atoms with Gasteiger partial charge in [-0.3, -0.25) is 4.99 Å². The third kappa shape index (κ3) is 6.79. The third-order valence-corrected chi connectivity index (χ3v) is 5.45. The number of likely N-dealkylation sites (tertiary alicyclic amines) is 1. The zero-order valence-electron chi connectivity index (χ0n) is 17.6. The molecule has 1 unspecified atom stereocenters. The molecule has 2 aliphatic rings. The fourth-order valence-corrected chi connectivity index (χ4v) is 4.10. The van der Waals surface area contributed by atoms with Crippen LogP contribution in [0.2, 0.25) is 0 Å². The van der Waals surface area contributed by atoms with Gasteiger partial charge in [0, 0.05) is 44.7 Å². The molecule has 5 nitrogen and oxygen atoms in total. The molecule has 1 aromatic carbocycles. The minimum Gasteiger partial charge on any atom is -0.493 e. The Morgan fingerprint density at radius 2 is 1.96 bits per heavy atom. The zero-order valence-corrected chi connectivity index (χ0v) is 19.9. The Labute approximate surface area is 187 Å². The lowest BCUT2D eigenvalue weighted by Crippen LogP contribution is -2.49. The highest BCUT2D eigenvalue weighted by molar-refractivity contribution is 14.0. The van der Waals surface area contributed by atoms with Gasteiger partial charge < -0.3 is 20.3 Å². The van der Waals surface area contributed by atoms with Crippen LogP contribution in [0.25, 0.3) is 0 Å². The zero-order chi connectivity index (χ0) is 19.1.